The number of halogens is 2. The molecule has 6 heteroatoms. The lowest BCUT2D eigenvalue weighted by Crippen LogP contribution is -2.29. The van der Waals surface area contributed by atoms with Crippen molar-refractivity contribution in [2.45, 2.75) is 12.2 Å². The molecule has 1 fully saturated rings. The third kappa shape index (κ3) is 2.48. The molecule has 0 saturated carbocycles. The molecule has 0 aliphatic carbocycles. The number of aliphatic hydroxyl groups is 2. The van der Waals surface area contributed by atoms with Gasteiger partial charge < -0.3 is 15.1 Å². The number of likely N-dealkylation sites (tertiary alicyclic amines) is 1. The van der Waals surface area contributed by atoms with Gasteiger partial charge in [-0.3, -0.25) is 4.79 Å². The maximum atomic E-state index is 13.0. The first kappa shape index (κ1) is 12.5. The second-order valence-electron chi connectivity index (χ2n) is 3.97. The van der Waals surface area contributed by atoms with Gasteiger partial charge in [0, 0.05) is 18.7 Å². The molecule has 1 saturated heterocycles. The smallest absolute Gasteiger partial charge is 0.254 e. The normalized spacial score (nSPS) is 24.1. The molecule has 2 unspecified atom stereocenters. The summed E-state index contributed by atoms with van der Waals surface area (Å²) in [6.45, 7) is 0.185. The highest BCUT2D eigenvalue weighted by atomic mass is 79.9. The van der Waals surface area contributed by atoms with Crippen molar-refractivity contribution < 1.29 is 19.4 Å². The number of carbonyl (C=O) groups excluding carboxylic acids is 1. The highest BCUT2D eigenvalue weighted by Gasteiger charge is 2.32. The monoisotopic (exact) mass is 303 g/mol. The summed E-state index contributed by atoms with van der Waals surface area (Å²) in [6, 6.07) is 3.95. The van der Waals surface area contributed by atoms with Crippen LogP contribution < -0.4 is 0 Å². The van der Waals surface area contributed by atoms with Crippen molar-refractivity contribution in [2.24, 2.45) is 0 Å². The van der Waals surface area contributed by atoms with Gasteiger partial charge >= 0.3 is 0 Å². The zero-order valence-corrected chi connectivity index (χ0v) is 10.4. The maximum Gasteiger partial charge on any atom is 0.254 e. The van der Waals surface area contributed by atoms with Gasteiger partial charge in [-0.1, -0.05) is 0 Å². The maximum absolute atomic E-state index is 13.0. The molecule has 0 bridgehead atoms. The van der Waals surface area contributed by atoms with E-state index in [4.69, 9.17) is 0 Å². The Balaban J connectivity index is 2.17. The van der Waals surface area contributed by atoms with Crippen molar-refractivity contribution in [3.8, 4) is 0 Å². The van der Waals surface area contributed by atoms with Gasteiger partial charge in [0.1, 0.15) is 5.82 Å². The largest absolute Gasteiger partial charge is 0.388 e. The van der Waals surface area contributed by atoms with Crippen molar-refractivity contribution in [3.05, 3.63) is 34.1 Å². The Labute approximate surface area is 106 Å². The van der Waals surface area contributed by atoms with Gasteiger partial charge in [0.2, 0.25) is 0 Å². The minimum Gasteiger partial charge on any atom is -0.388 e. The molecule has 2 N–H and O–H groups in total. The number of hydrogen-bond donors (Lipinski definition) is 2. The SMILES string of the molecule is O=C(c1ccc(F)c(Br)c1)N1CC(O)C(O)C1. The molecular weight excluding hydrogens is 293 g/mol. The van der Waals surface area contributed by atoms with Crippen molar-refractivity contribution in [1.82, 2.24) is 4.90 Å². The van der Waals surface area contributed by atoms with Crippen LogP contribution in [-0.2, 0) is 0 Å². The van der Waals surface area contributed by atoms with Gasteiger partial charge in [-0.2, -0.15) is 0 Å². The van der Waals surface area contributed by atoms with E-state index in [0.29, 0.717) is 5.56 Å². The zero-order valence-electron chi connectivity index (χ0n) is 8.81. The van der Waals surface area contributed by atoms with Gasteiger partial charge in [-0.05, 0) is 34.1 Å². The minimum absolute atomic E-state index is 0.0923. The number of carbonyl (C=O) groups is 1. The number of rotatable bonds is 1. The van der Waals surface area contributed by atoms with Crippen molar-refractivity contribution in [1.29, 1.82) is 0 Å². The number of benzene rings is 1. The summed E-state index contributed by atoms with van der Waals surface area (Å²) < 4.78 is 13.2. The lowest BCUT2D eigenvalue weighted by molar-refractivity contribution is 0.0572. The summed E-state index contributed by atoms with van der Waals surface area (Å²) in [5, 5.41) is 18.7. The second kappa shape index (κ2) is 4.72. The Bertz CT molecular complexity index is 444. The molecule has 0 radical (unpaired) electrons. The molecule has 2 atom stereocenters. The highest BCUT2D eigenvalue weighted by molar-refractivity contribution is 9.10. The Hall–Kier alpha value is -0.980. The summed E-state index contributed by atoms with van der Waals surface area (Å²) in [4.78, 5) is 13.3. The number of β-amino-alcohol motifs (C(OH)–C–C–N with tert-alkyl or cyclic N) is 2. The Morgan fingerprint density at radius 1 is 1.35 bits per heavy atom. The van der Waals surface area contributed by atoms with E-state index in [1.165, 1.54) is 23.1 Å². The van der Waals surface area contributed by atoms with Gasteiger partial charge in [0.25, 0.3) is 5.91 Å². The molecular formula is C11H11BrFNO3. The average Bonchev–Trinajstić information content (AvgIpc) is 2.62. The molecule has 0 spiro atoms. The second-order valence-corrected chi connectivity index (χ2v) is 4.83. The van der Waals surface area contributed by atoms with Crippen LogP contribution in [0.15, 0.2) is 22.7 Å². The lowest BCUT2D eigenvalue weighted by Gasteiger charge is -2.15. The van der Waals surface area contributed by atoms with E-state index >= 15 is 0 Å². The van der Waals surface area contributed by atoms with E-state index in [-0.39, 0.29) is 23.5 Å². The van der Waals surface area contributed by atoms with Gasteiger partial charge in [0.05, 0.1) is 16.7 Å². The fraction of sp³-hybridized carbons (Fsp3) is 0.364. The number of nitrogens with zero attached hydrogens (tertiary/aromatic N) is 1. The Morgan fingerprint density at radius 3 is 2.47 bits per heavy atom. The molecule has 0 aromatic heterocycles. The van der Waals surface area contributed by atoms with Crippen molar-refractivity contribution >= 4 is 21.8 Å². The number of aliphatic hydroxyl groups excluding tert-OH is 2. The standard InChI is InChI=1S/C11H11BrFNO3/c12-7-3-6(1-2-8(7)13)11(17)14-4-9(15)10(16)5-14/h1-3,9-10,15-16H,4-5H2. The van der Waals surface area contributed by atoms with Crippen molar-refractivity contribution in [3.63, 3.8) is 0 Å². The van der Waals surface area contributed by atoms with Crippen LogP contribution in [0.1, 0.15) is 10.4 Å². The molecule has 1 heterocycles. The van der Waals surface area contributed by atoms with Crippen LogP contribution in [0.2, 0.25) is 0 Å². The molecule has 1 aliphatic heterocycles. The first-order valence-electron chi connectivity index (χ1n) is 5.09. The summed E-state index contributed by atoms with van der Waals surface area (Å²) in [6.07, 6.45) is -1.83. The fourth-order valence-electron chi connectivity index (χ4n) is 1.75. The first-order chi connectivity index (χ1) is 7.99. The lowest BCUT2D eigenvalue weighted by atomic mass is 10.2. The summed E-state index contributed by atoms with van der Waals surface area (Å²) in [7, 11) is 0. The van der Waals surface area contributed by atoms with Crippen LogP contribution >= 0.6 is 15.9 Å². The molecule has 1 amide bonds. The zero-order chi connectivity index (χ0) is 12.6. The van der Waals surface area contributed by atoms with Gasteiger partial charge in [-0.25, -0.2) is 4.39 Å². The average molecular weight is 304 g/mol. The van der Waals surface area contributed by atoms with Gasteiger partial charge in [-0.15, -0.1) is 0 Å². The first-order valence-corrected chi connectivity index (χ1v) is 5.89. The van der Waals surface area contributed by atoms with Crippen LogP contribution in [0.3, 0.4) is 0 Å². The predicted molar refractivity (Wildman–Crippen MR) is 62.0 cm³/mol. The Kier molecular flexibility index (Phi) is 3.46. The van der Waals surface area contributed by atoms with E-state index in [1.807, 2.05) is 0 Å². The van der Waals surface area contributed by atoms with E-state index in [2.05, 4.69) is 15.9 Å². The van der Waals surface area contributed by atoms with E-state index in [9.17, 15) is 19.4 Å². The van der Waals surface area contributed by atoms with Crippen LogP contribution in [-0.4, -0.2) is 46.3 Å². The number of amides is 1. The van der Waals surface area contributed by atoms with E-state index < -0.39 is 18.0 Å². The molecule has 1 aromatic rings. The third-order valence-electron chi connectivity index (χ3n) is 2.71. The van der Waals surface area contributed by atoms with Crippen LogP contribution in [0.25, 0.3) is 0 Å². The number of hydrogen-bond acceptors (Lipinski definition) is 3. The van der Waals surface area contributed by atoms with Crippen LogP contribution in [0.5, 0.6) is 0 Å². The molecule has 1 aromatic carbocycles. The van der Waals surface area contributed by atoms with Gasteiger partial charge in [0.15, 0.2) is 0 Å². The van der Waals surface area contributed by atoms with E-state index in [0.717, 1.165) is 0 Å². The summed E-state index contributed by atoms with van der Waals surface area (Å²) in [5.74, 6) is -0.774. The molecule has 17 heavy (non-hydrogen) atoms. The molecule has 92 valence electrons. The fourth-order valence-corrected chi connectivity index (χ4v) is 2.13. The summed E-state index contributed by atoms with van der Waals surface area (Å²) in [5.41, 5.74) is 0.319. The third-order valence-corrected chi connectivity index (χ3v) is 3.32. The molecule has 4 nitrogen and oxygen atoms in total. The highest BCUT2D eigenvalue weighted by Crippen LogP contribution is 2.20. The minimum atomic E-state index is -0.914. The van der Waals surface area contributed by atoms with Crippen LogP contribution in [0, 0.1) is 5.82 Å². The van der Waals surface area contributed by atoms with Crippen molar-refractivity contribution in [2.75, 3.05) is 13.1 Å². The quantitative estimate of drug-likeness (QED) is 0.805. The summed E-state index contributed by atoms with van der Waals surface area (Å²) >= 11 is 3.00. The predicted octanol–water partition coefficient (Wildman–Crippen LogP) is 0.766. The topological polar surface area (TPSA) is 60.8 Å². The van der Waals surface area contributed by atoms with E-state index in [1.54, 1.807) is 0 Å². The molecule has 1 aliphatic rings. The van der Waals surface area contributed by atoms with Crippen LogP contribution in [0.4, 0.5) is 4.39 Å². The molecule has 2 rings (SSSR count). The Morgan fingerprint density at radius 2 is 1.94 bits per heavy atom.